The van der Waals surface area contributed by atoms with Crippen molar-refractivity contribution in [3.8, 4) is 0 Å². The van der Waals surface area contributed by atoms with Gasteiger partial charge in [-0.25, -0.2) is 13.2 Å². The Morgan fingerprint density at radius 3 is 2.56 bits per heavy atom. The van der Waals surface area contributed by atoms with Crippen LogP contribution < -0.4 is 0 Å². The van der Waals surface area contributed by atoms with Gasteiger partial charge in [0.25, 0.3) is 0 Å². The highest BCUT2D eigenvalue weighted by molar-refractivity contribution is 7.89. The third kappa shape index (κ3) is 4.52. The van der Waals surface area contributed by atoms with Gasteiger partial charge in [-0.3, -0.25) is 0 Å². The van der Waals surface area contributed by atoms with E-state index in [2.05, 4.69) is 0 Å². The van der Waals surface area contributed by atoms with Crippen LogP contribution >= 0.6 is 0 Å². The molecule has 0 aromatic heterocycles. The van der Waals surface area contributed by atoms with Crippen molar-refractivity contribution >= 4 is 16.1 Å². The van der Waals surface area contributed by atoms with Crippen LogP contribution in [-0.2, 0) is 14.8 Å². The van der Waals surface area contributed by atoms with Crippen LogP contribution in [0.1, 0.15) is 44.2 Å². The van der Waals surface area contributed by atoms with E-state index in [4.69, 9.17) is 4.74 Å². The average Bonchev–Trinajstić information content (AvgIpc) is 2.81. The molecule has 6 nitrogen and oxygen atoms in total. The summed E-state index contributed by atoms with van der Waals surface area (Å²) in [7, 11) is -3.58. The molecule has 2 rings (SSSR count). The fourth-order valence-electron chi connectivity index (χ4n) is 2.92. The van der Waals surface area contributed by atoms with Crippen molar-refractivity contribution in [2.45, 2.75) is 44.9 Å². The molecule has 1 aromatic rings. The van der Waals surface area contributed by atoms with Crippen LogP contribution in [0.25, 0.3) is 0 Å². The molecule has 0 spiro atoms. The summed E-state index contributed by atoms with van der Waals surface area (Å²) in [4.78, 5) is 13.8. The van der Waals surface area contributed by atoms with Crippen LogP contribution in [0, 0.1) is 6.92 Å². The zero-order valence-electron chi connectivity index (χ0n) is 15.5. The van der Waals surface area contributed by atoms with Crippen LogP contribution in [-0.4, -0.2) is 56.5 Å². The number of aryl methyl sites for hydroxylation is 1. The smallest absolute Gasteiger partial charge is 0.409 e. The molecule has 0 N–H and O–H groups in total. The number of ether oxygens (including phenoxy) is 1. The number of hydrogen-bond donors (Lipinski definition) is 0. The molecule has 7 heteroatoms. The zero-order valence-corrected chi connectivity index (χ0v) is 16.3. The molecule has 25 heavy (non-hydrogen) atoms. The summed E-state index contributed by atoms with van der Waals surface area (Å²) in [6.45, 7) is 9.54. The van der Waals surface area contributed by atoms with E-state index >= 15 is 0 Å². The van der Waals surface area contributed by atoms with Gasteiger partial charge >= 0.3 is 6.09 Å². The summed E-state index contributed by atoms with van der Waals surface area (Å²) in [5.41, 5.74) is 1.75. The molecule has 0 atom stereocenters. The maximum Gasteiger partial charge on any atom is 0.409 e. The van der Waals surface area contributed by atoms with Gasteiger partial charge in [0.15, 0.2) is 0 Å². The predicted octanol–water partition coefficient (Wildman–Crippen LogP) is 2.97. The van der Waals surface area contributed by atoms with E-state index in [1.807, 2.05) is 32.9 Å². The van der Waals surface area contributed by atoms with E-state index in [1.165, 1.54) is 4.31 Å². The van der Waals surface area contributed by atoms with E-state index in [0.717, 1.165) is 11.1 Å². The number of amides is 1. The van der Waals surface area contributed by atoms with E-state index in [1.54, 1.807) is 17.9 Å². The quantitative estimate of drug-likeness (QED) is 0.819. The van der Waals surface area contributed by atoms with Crippen molar-refractivity contribution in [1.29, 1.82) is 0 Å². The van der Waals surface area contributed by atoms with Crippen molar-refractivity contribution in [3.05, 3.63) is 29.3 Å². The number of rotatable bonds is 4. The fourth-order valence-corrected chi connectivity index (χ4v) is 4.65. The SMILES string of the molecule is CCOC(=O)N1CCCN(S(=O)(=O)c2cc(C(C)C)ccc2C)CC1. The fraction of sp³-hybridized carbons (Fsp3) is 0.611. The molecular weight excluding hydrogens is 340 g/mol. The van der Waals surface area contributed by atoms with E-state index < -0.39 is 10.0 Å². The highest BCUT2D eigenvalue weighted by Gasteiger charge is 2.30. The van der Waals surface area contributed by atoms with Gasteiger partial charge in [-0.15, -0.1) is 0 Å². The Kier molecular flexibility index (Phi) is 6.46. The molecular formula is C18H28N2O4S. The molecule has 1 aliphatic heterocycles. The second-order valence-corrected chi connectivity index (χ2v) is 8.53. The monoisotopic (exact) mass is 368 g/mol. The van der Waals surface area contributed by atoms with Gasteiger partial charge in [0, 0.05) is 26.2 Å². The normalized spacial score (nSPS) is 16.8. The molecule has 0 unspecified atom stereocenters. The largest absolute Gasteiger partial charge is 0.450 e. The summed E-state index contributed by atoms with van der Waals surface area (Å²) < 4.78 is 32.8. The lowest BCUT2D eigenvalue weighted by Crippen LogP contribution is -2.37. The summed E-state index contributed by atoms with van der Waals surface area (Å²) in [5, 5.41) is 0. The number of nitrogens with zero attached hydrogens (tertiary/aromatic N) is 2. The molecule has 1 fully saturated rings. The van der Waals surface area contributed by atoms with E-state index in [0.29, 0.717) is 37.6 Å². The minimum absolute atomic E-state index is 0.262. The summed E-state index contributed by atoms with van der Waals surface area (Å²) in [6, 6.07) is 5.62. The molecule has 0 radical (unpaired) electrons. The van der Waals surface area contributed by atoms with Gasteiger partial charge in [0.05, 0.1) is 11.5 Å². The second-order valence-electron chi connectivity index (χ2n) is 6.62. The Bertz CT molecular complexity index is 716. The minimum atomic E-state index is -3.58. The molecule has 1 amide bonds. The lowest BCUT2D eigenvalue weighted by atomic mass is 10.0. The maximum atomic E-state index is 13.1. The van der Waals surface area contributed by atoms with Gasteiger partial charge in [0.1, 0.15) is 0 Å². The average molecular weight is 368 g/mol. The molecule has 1 heterocycles. The minimum Gasteiger partial charge on any atom is -0.450 e. The number of hydrogen-bond acceptors (Lipinski definition) is 4. The van der Waals surface area contributed by atoms with Crippen molar-refractivity contribution in [2.75, 3.05) is 32.8 Å². The molecule has 1 aliphatic rings. The van der Waals surface area contributed by atoms with Crippen LogP contribution in [0.5, 0.6) is 0 Å². The number of carbonyl (C=O) groups excluding carboxylic acids is 1. The van der Waals surface area contributed by atoms with Crippen LogP contribution in [0.15, 0.2) is 23.1 Å². The Hall–Kier alpha value is -1.60. The number of carbonyl (C=O) groups is 1. The zero-order chi connectivity index (χ0) is 18.6. The van der Waals surface area contributed by atoms with Gasteiger partial charge < -0.3 is 9.64 Å². The Labute approximate surface area is 150 Å². The highest BCUT2D eigenvalue weighted by atomic mass is 32.2. The lowest BCUT2D eigenvalue weighted by molar-refractivity contribution is 0.109. The highest BCUT2D eigenvalue weighted by Crippen LogP contribution is 2.25. The molecule has 1 saturated heterocycles. The lowest BCUT2D eigenvalue weighted by Gasteiger charge is -2.22. The second kappa shape index (κ2) is 8.19. The van der Waals surface area contributed by atoms with Crippen molar-refractivity contribution in [2.24, 2.45) is 0 Å². The molecule has 140 valence electrons. The van der Waals surface area contributed by atoms with E-state index in [-0.39, 0.29) is 18.6 Å². The first-order chi connectivity index (χ1) is 11.8. The molecule has 0 aliphatic carbocycles. The van der Waals surface area contributed by atoms with Gasteiger partial charge in [-0.2, -0.15) is 4.31 Å². The summed E-state index contributed by atoms with van der Waals surface area (Å²) >= 11 is 0. The van der Waals surface area contributed by atoms with Gasteiger partial charge in [-0.1, -0.05) is 26.0 Å². The molecule has 0 saturated carbocycles. The van der Waals surface area contributed by atoms with E-state index in [9.17, 15) is 13.2 Å². The van der Waals surface area contributed by atoms with Crippen molar-refractivity contribution < 1.29 is 17.9 Å². The first kappa shape index (κ1) is 19.7. The third-order valence-corrected chi connectivity index (χ3v) is 6.52. The van der Waals surface area contributed by atoms with Crippen molar-refractivity contribution in [1.82, 2.24) is 9.21 Å². The Morgan fingerprint density at radius 2 is 1.92 bits per heavy atom. The Morgan fingerprint density at radius 1 is 1.20 bits per heavy atom. The standard InChI is InChI=1S/C18H28N2O4S/c1-5-24-18(21)19-9-6-10-20(12-11-19)25(22,23)17-13-16(14(2)3)8-7-15(17)4/h7-8,13-14H,5-6,9-12H2,1-4H3. The first-order valence-corrected chi connectivity index (χ1v) is 10.2. The summed E-state index contributed by atoms with van der Waals surface area (Å²) in [6.07, 6.45) is 0.223. The predicted molar refractivity (Wildman–Crippen MR) is 97.2 cm³/mol. The van der Waals surface area contributed by atoms with Gasteiger partial charge in [0.2, 0.25) is 10.0 Å². The van der Waals surface area contributed by atoms with Crippen LogP contribution in [0.4, 0.5) is 4.79 Å². The molecule has 1 aromatic carbocycles. The van der Waals surface area contributed by atoms with Crippen LogP contribution in [0.2, 0.25) is 0 Å². The third-order valence-electron chi connectivity index (χ3n) is 4.48. The van der Waals surface area contributed by atoms with Gasteiger partial charge in [-0.05, 0) is 43.4 Å². The first-order valence-electron chi connectivity index (χ1n) is 8.79. The number of sulfonamides is 1. The maximum absolute atomic E-state index is 13.1. The Balaban J connectivity index is 2.23. The molecule has 0 bridgehead atoms. The van der Waals surface area contributed by atoms with Crippen molar-refractivity contribution in [3.63, 3.8) is 0 Å². The summed E-state index contributed by atoms with van der Waals surface area (Å²) in [5.74, 6) is 0.262. The number of benzene rings is 1. The van der Waals surface area contributed by atoms with Crippen LogP contribution in [0.3, 0.4) is 0 Å². The topological polar surface area (TPSA) is 66.9 Å².